The fourth-order valence-electron chi connectivity index (χ4n) is 3.81. The smallest absolute Gasteiger partial charge is 0.262 e. The lowest BCUT2D eigenvalue weighted by Crippen LogP contribution is -2.37. The van der Waals surface area contributed by atoms with E-state index in [4.69, 9.17) is 11.6 Å². The molecule has 3 aromatic rings. The van der Waals surface area contributed by atoms with Crippen molar-refractivity contribution in [2.24, 2.45) is 0 Å². The van der Waals surface area contributed by atoms with Gasteiger partial charge >= 0.3 is 0 Å². The number of amides is 1. The summed E-state index contributed by atoms with van der Waals surface area (Å²) in [6, 6.07) is 9.70. The molecule has 2 aromatic carbocycles. The monoisotopic (exact) mass is 470 g/mol. The molecule has 32 heavy (non-hydrogen) atoms. The number of nitrogens with one attached hydrogen (secondary N) is 1. The molecule has 1 amide bonds. The van der Waals surface area contributed by atoms with Crippen LogP contribution in [0, 0.1) is 20.8 Å². The van der Waals surface area contributed by atoms with E-state index in [0.717, 1.165) is 17.0 Å². The van der Waals surface area contributed by atoms with Crippen LogP contribution < -0.4 is 4.72 Å². The van der Waals surface area contributed by atoms with E-state index >= 15 is 0 Å². The van der Waals surface area contributed by atoms with Gasteiger partial charge in [-0.25, -0.2) is 18.4 Å². The molecule has 0 saturated carbocycles. The van der Waals surface area contributed by atoms with E-state index in [2.05, 4.69) is 14.7 Å². The molecule has 0 spiro atoms. The minimum absolute atomic E-state index is 0.152. The van der Waals surface area contributed by atoms with Gasteiger partial charge in [0.1, 0.15) is 6.33 Å². The standard InChI is InChI=1S/C23H23ClN4O3S/c1-14-10-22(15(2)9-20(14)24)32(30,31)27-18-6-4-5-17(11-18)23(29)28-8-7-21-19(12-28)16(3)25-13-26-21/h4-6,9-11,13,27H,7-8,12H2,1-3H3. The summed E-state index contributed by atoms with van der Waals surface area (Å²) in [4.78, 5) is 23.6. The molecule has 0 aliphatic carbocycles. The van der Waals surface area contributed by atoms with Gasteiger partial charge in [-0.1, -0.05) is 17.7 Å². The number of benzene rings is 2. The Balaban J connectivity index is 1.57. The van der Waals surface area contributed by atoms with Crippen LogP contribution in [-0.4, -0.2) is 35.7 Å². The molecule has 0 radical (unpaired) electrons. The SMILES string of the molecule is Cc1cc(S(=O)(=O)Nc2cccc(C(=O)N3CCc4ncnc(C)c4C3)c2)c(C)cc1Cl. The molecular formula is C23H23ClN4O3S. The van der Waals surface area contributed by atoms with Gasteiger partial charge < -0.3 is 4.90 Å². The van der Waals surface area contributed by atoms with Crippen molar-refractivity contribution in [2.75, 3.05) is 11.3 Å². The Morgan fingerprint density at radius 1 is 1.09 bits per heavy atom. The maximum Gasteiger partial charge on any atom is 0.262 e. The van der Waals surface area contributed by atoms with Crippen LogP contribution in [0.25, 0.3) is 0 Å². The molecule has 0 bridgehead atoms. The Bertz CT molecular complexity index is 1320. The fraction of sp³-hybridized carbons (Fsp3) is 0.261. The van der Waals surface area contributed by atoms with Gasteiger partial charge in [0, 0.05) is 47.0 Å². The molecule has 9 heteroatoms. The molecule has 7 nitrogen and oxygen atoms in total. The maximum atomic E-state index is 13.1. The molecule has 1 aliphatic heterocycles. The van der Waals surface area contributed by atoms with Crippen LogP contribution in [0.4, 0.5) is 5.69 Å². The van der Waals surface area contributed by atoms with Crippen LogP contribution in [0.3, 0.4) is 0 Å². The Labute approximate surface area is 192 Å². The highest BCUT2D eigenvalue weighted by Crippen LogP contribution is 2.26. The van der Waals surface area contributed by atoms with Gasteiger partial charge in [0.2, 0.25) is 0 Å². The number of aromatic nitrogens is 2. The first-order chi connectivity index (χ1) is 15.2. The molecule has 0 saturated heterocycles. The van der Waals surface area contributed by atoms with Gasteiger partial charge in [0.25, 0.3) is 15.9 Å². The van der Waals surface area contributed by atoms with Crippen molar-refractivity contribution in [3.63, 3.8) is 0 Å². The van der Waals surface area contributed by atoms with Crippen LogP contribution in [0.2, 0.25) is 5.02 Å². The average molecular weight is 471 g/mol. The number of fused-ring (bicyclic) bond motifs is 1. The highest BCUT2D eigenvalue weighted by Gasteiger charge is 2.25. The third-order valence-electron chi connectivity index (χ3n) is 5.61. The van der Waals surface area contributed by atoms with Crippen molar-refractivity contribution >= 4 is 33.2 Å². The molecule has 4 rings (SSSR count). The number of aryl methyl sites for hydroxylation is 3. The highest BCUT2D eigenvalue weighted by molar-refractivity contribution is 7.92. The molecule has 0 unspecified atom stereocenters. The van der Waals surface area contributed by atoms with E-state index in [0.29, 0.717) is 46.9 Å². The number of anilines is 1. The molecule has 1 aromatic heterocycles. The van der Waals surface area contributed by atoms with Crippen LogP contribution in [-0.2, 0) is 23.0 Å². The van der Waals surface area contributed by atoms with Crippen LogP contribution in [0.1, 0.15) is 38.4 Å². The number of halogens is 1. The number of nitrogens with zero attached hydrogens (tertiary/aromatic N) is 3. The highest BCUT2D eigenvalue weighted by atomic mass is 35.5. The zero-order valence-electron chi connectivity index (χ0n) is 18.0. The second kappa shape index (κ2) is 8.52. The molecule has 0 fully saturated rings. The number of carbonyl (C=O) groups is 1. The van der Waals surface area contributed by atoms with Gasteiger partial charge in [0.15, 0.2) is 0 Å². The molecule has 166 valence electrons. The van der Waals surface area contributed by atoms with E-state index in [-0.39, 0.29) is 10.8 Å². The van der Waals surface area contributed by atoms with Gasteiger partial charge in [-0.3, -0.25) is 9.52 Å². The molecule has 2 heterocycles. The summed E-state index contributed by atoms with van der Waals surface area (Å²) in [5.74, 6) is -0.168. The Morgan fingerprint density at radius 3 is 2.66 bits per heavy atom. The summed E-state index contributed by atoms with van der Waals surface area (Å²) in [7, 11) is -3.85. The van der Waals surface area contributed by atoms with Crippen LogP contribution in [0.15, 0.2) is 47.6 Å². The van der Waals surface area contributed by atoms with Gasteiger partial charge in [-0.2, -0.15) is 0 Å². The van der Waals surface area contributed by atoms with E-state index < -0.39 is 10.0 Å². The normalized spacial score (nSPS) is 13.6. The number of hydrogen-bond acceptors (Lipinski definition) is 5. The quantitative estimate of drug-likeness (QED) is 0.620. The number of sulfonamides is 1. The van der Waals surface area contributed by atoms with Crippen LogP contribution in [0.5, 0.6) is 0 Å². The first kappa shape index (κ1) is 22.2. The predicted molar refractivity (Wildman–Crippen MR) is 123 cm³/mol. The van der Waals surface area contributed by atoms with Crippen molar-refractivity contribution in [2.45, 2.75) is 38.6 Å². The lowest BCUT2D eigenvalue weighted by atomic mass is 10.0. The summed E-state index contributed by atoms with van der Waals surface area (Å²) < 4.78 is 28.5. The Kier molecular flexibility index (Phi) is 5.92. The maximum absolute atomic E-state index is 13.1. The zero-order chi connectivity index (χ0) is 23.0. The minimum Gasteiger partial charge on any atom is -0.334 e. The van der Waals surface area contributed by atoms with Crippen molar-refractivity contribution in [1.29, 1.82) is 0 Å². The largest absolute Gasteiger partial charge is 0.334 e. The molecular weight excluding hydrogens is 448 g/mol. The Hall–Kier alpha value is -2.97. The zero-order valence-corrected chi connectivity index (χ0v) is 19.6. The fourth-order valence-corrected chi connectivity index (χ4v) is 5.39. The van der Waals surface area contributed by atoms with Crippen molar-refractivity contribution in [1.82, 2.24) is 14.9 Å². The third-order valence-corrected chi connectivity index (χ3v) is 7.54. The van der Waals surface area contributed by atoms with Crippen molar-refractivity contribution in [3.05, 3.63) is 81.4 Å². The molecule has 1 N–H and O–H groups in total. The second-order valence-corrected chi connectivity index (χ2v) is 9.97. The molecule has 0 atom stereocenters. The average Bonchev–Trinajstić information content (AvgIpc) is 2.75. The minimum atomic E-state index is -3.85. The van der Waals surface area contributed by atoms with E-state index in [1.807, 2.05) is 6.92 Å². The van der Waals surface area contributed by atoms with Crippen molar-refractivity contribution < 1.29 is 13.2 Å². The summed E-state index contributed by atoms with van der Waals surface area (Å²) >= 11 is 6.10. The van der Waals surface area contributed by atoms with Crippen LogP contribution >= 0.6 is 11.6 Å². The number of hydrogen-bond donors (Lipinski definition) is 1. The van der Waals surface area contributed by atoms with Gasteiger partial charge in [-0.15, -0.1) is 0 Å². The summed E-state index contributed by atoms with van der Waals surface area (Å²) in [5, 5.41) is 0.512. The number of rotatable bonds is 4. The summed E-state index contributed by atoms with van der Waals surface area (Å²) in [6.07, 6.45) is 2.21. The van der Waals surface area contributed by atoms with E-state index in [1.54, 1.807) is 61.5 Å². The van der Waals surface area contributed by atoms with Gasteiger partial charge in [0.05, 0.1) is 10.6 Å². The number of carbonyl (C=O) groups excluding carboxylic acids is 1. The second-order valence-electron chi connectivity index (χ2n) is 7.91. The van der Waals surface area contributed by atoms with E-state index in [1.165, 1.54) is 0 Å². The lowest BCUT2D eigenvalue weighted by molar-refractivity contribution is 0.0733. The van der Waals surface area contributed by atoms with Crippen molar-refractivity contribution in [3.8, 4) is 0 Å². The lowest BCUT2D eigenvalue weighted by Gasteiger charge is -2.29. The Morgan fingerprint density at radius 2 is 1.88 bits per heavy atom. The van der Waals surface area contributed by atoms with E-state index in [9.17, 15) is 13.2 Å². The van der Waals surface area contributed by atoms with Gasteiger partial charge in [-0.05, 0) is 62.2 Å². The summed E-state index contributed by atoms with van der Waals surface area (Å²) in [5.41, 5.74) is 4.75. The summed E-state index contributed by atoms with van der Waals surface area (Å²) in [6.45, 7) is 6.33. The third kappa shape index (κ3) is 4.33. The predicted octanol–water partition coefficient (Wildman–Crippen LogP) is 4.05. The molecule has 1 aliphatic rings. The first-order valence-electron chi connectivity index (χ1n) is 10.1. The first-order valence-corrected chi connectivity index (χ1v) is 12.0. The topological polar surface area (TPSA) is 92.3 Å².